The van der Waals surface area contributed by atoms with Gasteiger partial charge in [-0.05, 0) is 55.0 Å². The van der Waals surface area contributed by atoms with Crippen molar-refractivity contribution >= 4 is 35.4 Å². The summed E-state index contributed by atoms with van der Waals surface area (Å²) in [6.07, 6.45) is 5.11. The molecule has 0 bridgehead atoms. The third-order valence-electron chi connectivity index (χ3n) is 4.10. The third-order valence-corrected chi connectivity index (χ3v) is 4.10. The number of aliphatic hydroxyl groups is 1. The van der Waals surface area contributed by atoms with Gasteiger partial charge in [-0.1, -0.05) is 18.2 Å². The monoisotopic (exact) mass is 419 g/mol. The first-order chi connectivity index (χ1) is 14.8. The molecule has 8 nitrogen and oxygen atoms in total. The van der Waals surface area contributed by atoms with Crippen LogP contribution in [0.25, 0.3) is 6.08 Å². The van der Waals surface area contributed by atoms with Gasteiger partial charge in [0, 0.05) is 38.5 Å². The molecule has 0 atom stereocenters. The summed E-state index contributed by atoms with van der Waals surface area (Å²) >= 11 is 0. The molecule has 0 saturated carbocycles. The number of Topliss-reactive ketones (excluding diaryl/α,β-unsaturated/α-hetero) is 1. The van der Waals surface area contributed by atoms with Gasteiger partial charge in [0.15, 0.2) is 11.5 Å². The van der Waals surface area contributed by atoms with Gasteiger partial charge in [-0.2, -0.15) is 10.2 Å². The maximum atomic E-state index is 12.1. The Labute approximate surface area is 181 Å². The Morgan fingerprint density at radius 3 is 2.19 bits per heavy atom. The first-order valence-electron chi connectivity index (χ1n) is 9.48. The molecule has 0 saturated heterocycles. The highest BCUT2D eigenvalue weighted by Crippen LogP contribution is 2.16. The molecule has 0 heterocycles. The Morgan fingerprint density at radius 1 is 1.00 bits per heavy atom. The quantitative estimate of drug-likeness (QED) is 0.214. The number of ketones is 1. The summed E-state index contributed by atoms with van der Waals surface area (Å²) < 4.78 is 0. The summed E-state index contributed by atoms with van der Waals surface area (Å²) in [6, 6.07) is 14.3. The normalized spacial score (nSPS) is 12.4. The molecule has 0 fully saturated rings. The molecule has 0 aliphatic rings. The van der Waals surface area contributed by atoms with Gasteiger partial charge in [0.1, 0.15) is 5.76 Å². The van der Waals surface area contributed by atoms with Crippen LogP contribution in [-0.2, 0) is 4.79 Å². The molecule has 2 aromatic rings. The maximum absolute atomic E-state index is 12.1. The highest BCUT2D eigenvalue weighted by atomic mass is 16.3. The Hall–Kier alpha value is -4.07. The van der Waals surface area contributed by atoms with Crippen molar-refractivity contribution in [2.45, 2.75) is 13.8 Å². The number of allylic oxidation sites excluding steroid dienone is 3. The van der Waals surface area contributed by atoms with E-state index < -0.39 is 5.78 Å². The van der Waals surface area contributed by atoms with E-state index in [1.807, 2.05) is 49.3 Å². The summed E-state index contributed by atoms with van der Waals surface area (Å²) in [5.41, 5.74) is 5.29. The lowest BCUT2D eigenvalue weighted by molar-refractivity contribution is -0.113. The lowest BCUT2D eigenvalue weighted by atomic mass is 10.2. The molecule has 1 amide bonds. The molecule has 8 heteroatoms. The molecule has 2 rings (SSSR count). The fourth-order valence-electron chi connectivity index (χ4n) is 2.43. The van der Waals surface area contributed by atoms with E-state index in [1.54, 1.807) is 30.3 Å². The van der Waals surface area contributed by atoms with Gasteiger partial charge >= 0.3 is 0 Å². The number of benzene rings is 2. The van der Waals surface area contributed by atoms with Crippen LogP contribution in [-0.4, -0.2) is 37.1 Å². The molecule has 0 unspecified atom stereocenters. The smallest absolute Gasteiger partial charge is 0.271 e. The molecule has 0 aliphatic carbocycles. The minimum Gasteiger partial charge on any atom is -0.510 e. The zero-order valence-corrected chi connectivity index (χ0v) is 17.9. The van der Waals surface area contributed by atoms with Crippen LogP contribution in [0.4, 0.5) is 11.4 Å². The first-order valence-corrected chi connectivity index (χ1v) is 9.48. The number of rotatable bonds is 8. The summed E-state index contributed by atoms with van der Waals surface area (Å²) in [4.78, 5) is 25.5. The number of carbonyl (C=O) groups excluding carboxylic acids is 2. The highest BCUT2D eigenvalue weighted by Gasteiger charge is 2.07. The van der Waals surface area contributed by atoms with E-state index in [0.717, 1.165) is 11.3 Å². The van der Waals surface area contributed by atoms with Gasteiger partial charge in [0.25, 0.3) is 5.91 Å². The number of hydrogen-bond acceptors (Lipinski definition) is 7. The van der Waals surface area contributed by atoms with E-state index >= 15 is 0 Å². The van der Waals surface area contributed by atoms with Crippen LogP contribution >= 0.6 is 0 Å². The van der Waals surface area contributed by atoms with Gasteiger partial charge in [0.2, 0.25) is 0 Å². The fourth-order valence-corrected chi connectivity index (χ4v) is 2.43. The van der Waals surface area contributed by atoms with Crippen molar-refractivity contribution in [1.29, 1.82) is 0 Å². The number of carbonyl (C=O) groups is 2. The molecular weight excluding hydrogens is 394 g/mol. The van der Waals surface area contributed by atoms with Gasteiger partial charge in [0.05, 0.1) is 5.69 Å². The lowest BCUT2D eigenvalue weighted by Crippen LogP contribution is -2.16. The lowest BCUT2D eigenvalue weighted by Gasteiger charge is -2.11. The second-order valence-electron chi connectivity index (χ2n) is 6.80. The SMILES string of the molecule is CC(=O)/C(N=Nc1ccc(C(=O)N/N=C/C=C/c2ccc(N(C)C)cc2)cc1)=C(\C)O. The van der Waals surface area contributed by atoms with Crippen molar-refractivity contribution in [3.05, 3.63) is 77.2 Å². The average Bonchev–Trinajstić information content (AvgIpc) is 2.73. The number of nitrogens with one attached hydrogen (secondary N) is 1. The largest absolute Gasteiger partial charge is 0.510 e. The molecule has 2 N–H and O–H groups in total. The van der Waals surface area contributed by atoms with Gasteiger partial charge in [-0.3, -0.25) is 9.59 Å². The second kappa shape index (κ2) is 11.2. The van der Waals surface area contributed by atoms with Crippen molar-refractivity contribution in [1.82, 2.24) is 5.43 Å². The molecule has 0 aromatic heterocycles. The molecule has 2 aromatic carbocycles. The minimum absolute atomic E-state index is 0.113. The number of nitrogens with zero attached hydrogens (tertiary/aromatic N) is 4. The predicted octanol–water partition coefficient (Wildman–Crippen LogP) is 4.64. The standard InChI is InChI=1S/C23H25N5O3/c1-16(29)22(17(2)30)26-25-20-11-9-19(10-12-20)23(31)27-24-15-5-6-18-7-13-21(14-8-18)28(3)4/h5-15,29H,1-4H3,(H,27,31)/b6-5+,22-16-,24-15+,26-25?. The van der Waals surface area contributed by atoms with E-state index in [4.69, 9.17) is 0 Å². The number of azo groups is 1. The Kier molecular flexibility index (Phi) is 8.39. The molecule has 31 heavy (non-hydrogen) atoms. The van der Waals surface area contributed by atoms with Crippen LogP contribution < -0.4 is 10.3 Å². The van der Waals surface area contributed by atoms with Crippen LogP contribution in [0.2, 0.25) is 0 Å². The fraction of sp³-hybridized carbons (Fsp3) is 0.174. The summed E-state index contributed by atoms with van der Waals surface area (Å²) in [5.74, 6) is -0.971. The van der Waals surface area contributed by atoms with Gasteiger partial charge in [-0.15, -0.1) is 5.11 Å². The number of hydrogen-bond donors (Lipinski definition) is 2. The van der Waals surface area contributed by atoms with Crippen LogP contribution in [0.1, 0.15) is 29.8 Å². The minimum atomic E-state index is -0.391. The van der Waals surface area contributed by atoms with Gasteiger partial charge in [-0.25, -0.2) is 5.43 Å². The number of aliphatic hydroxyl groups excluding tert-OH is 1. The summed E-state index contributed by atoms with van der Waals surface area (Å²) in [7, 11) is 3.97. The highest BCUT2D eigenvalue weighted by molar-refractivity contribution is 5.95. The molecular formula is C23H25N5O3. The second-order valence-corrected chi connectivity index (χ2v) is 6.80. The van der Waals surface area contributed by atoms with E-state index in [2.05, 4.69) is 20.8 Å². The Morgan fingerprint density at radius 2 is 1.65 bits per heavy atom. The van der Waals surface area contributed by atoms with Crippen LogP contribution in [0, 0.1) is 0 Å². The van der Waals surface area contributed by atoms with E-state index in [9.17, 15) is 14.7 Å². The first kappa shape index (κ1) is 23.2. The van der Waals surface area contributed by atoms with Crippen LogP contribution in [0.5, 0.6) is 0 Å². The van der Waals surface area contributed by atoms with Gasteiger partial charge < -0.3 is 10.0 Å². The van der Waals surface area contributed by atoms with Crippen molar-refractivity contribution in [3.63, 3.8) is 0 Å². The zero-order chi connectivity index (χ0) is 22.8. The van der Waals surface area contributed by atoms with Crippen LogP contribution in [0.15, 0.2) is 81.4 Å². The Bertz CT molecular complexity index is 1030. The topological polar surface area (TPSA) is 107 Å². The number of anilines is 1. The Balaban J connectivity index is 1.91. The summed E-state index contributed by atoms with van der Waals surface area (Å²) in [6.45, 7) is 2.65. The maximum Gasteiger partial charge on any atom is 0.271 e. The third kappa shape index (κ3) is 7.36. The van der Waals surface area contributed by atoms with Crippen molar-refractivity contribution in [2.75, 3.05) is 19.0 Å². The van der Waals surface area contributed by atoms with E-state index in [-0.39, 0.29) is 17.4 Å². The number of hydrazone groups is 1. The van der Waals surface area contributed by atoms with E-state index in [0.29, 0.717) is 11.3 Å². The molecule has 0 radical (unpaired) electrons. The van der Waals surface area contributed by atoms with Crippen molar-refractivity contribution in [2.24, 2.45) is 15.3 Å². The van der Waals surface area contributed by atoms with Crippen molar-refractivity contribution in [3.8, 4) is 0 Å². The summed E-state index contributed by atoms with van der Waals surface area (Å²) in [5, 5.41) is 21.0. The van der Waals surface area contributed by atoms with E-state index in [1.165, 1.54) is 20.1 Å². The molecule has 0 spiro atoms. The predicted molar refractivity (Wildman–Crippen MR) is 123 cm³/mol. The number of amides is 1. The van der Waals surface area contributed by atoms with Crippen LogP contribution in [0.3, 0.4) is 0 Å². The van der Waals surface area contributed by atoms with Crippen molar-refractivity contribution < 1.29 is 14.7 Å². The molecule has 0 aliphatic heterocycles. The molecule has 160 valence electrons. The zero-order valence-electron chi connectivity index (χ0n) is 17.9. The average molecular weight is 419 g/mol.